The fourth-order valence-electron chi connectivity index (χ4n) is 2.85. The number of hydrogen-bond acceptors (Lipinski definition) is 3. The van der Waals surface area contributed by atoms with Crippen LogP contribution in [0.5, 0.6) is 0 Å². The molecule has 1 aromatic rings. The average Bonchev–Trinajstić information content (AvgIpc) is 3.00. The second kappa shape index (κ2) is 8.53. The maximum Gasteiger partial charge on any atom is 0.239 e. The number of amides is 1. The highest BCUT2D eigenvalue weighted by Crippen LogP contribution is 2.18. The van der Waals surface area contributed by atoms with Crippen molar-refractivity contribution in [1.29, 1.82) is 0 Å². The smallest absolute Gasteiger partial charge is 0.239 e. The van der Waals surface area contributed by atoms with E-state index in [1.165, 1.54) is 0 Å². The van der Waals surface area contributed by atoms with Gasteiger partial charge in [0.1, 0.15) is 0 Å². The number of carbonyl (C=O) groups excluding carboxylic acids is 1. The number of rotatable bonds is 6. The Balaban J connectivity index is 1.74. The second-order valence-corrected chi connectivity index (χ2v) is 6.04. The van der Waals surface area contributed by atoms with Gasteiger partial charge in [-0.25, -0.2) is 0 Å². The molecule has 3 N–H and O–H groups in total. The number of likely N-dealkylation sites (tertiary alicyclic amines) is 1. The molecule has 0 aromatic heterocycles. The van der Waals surface area contributed by atoms with Gasteiger partial charge in [-0.2, -0.15) is 0 Å². The van der Waals surface area contributed by atoms with Crippen LogP contribution in [0.4, 0.5) is 5.69 Å². The molecular weight excluding hydrogens is 290 g/mol. The van der Waals surface area contributed by atoms with Gasteiger partial charge in [0.2, 0.25) is 5.91 Å². The highest BCUT2D eigenvalue weighted by Gasteiger charge is 2.30. The van der Waals surface area contributed by atoms with Gasteiger partial charge in [-0.1, -0.05) is 18.2 Å². The number of aliphatic imine (C=N–C) groups is 1. The van der Waals surface area contributed by atoms with Crippen molar-refractivity contribution in [3.05, 3.63) is 30.3 Å². The van der Waals surface area contributed by atoms with Crippen LogP contribution in [0, 0.1) is 0 Å². The summed E-state index contributed by atoms with van der Waals surface area (Å²) >= 11 is 0. The lowest BCUT2D eigenvalue weighted by atomic mass is 10.2. The summed E-state index contributed by atoms with van der Waals surface area (Å²) in [6.07, 6.45) is 2.94. The Hall–Kier alpha value is -2.08. The van der Waals surface area contributed by atoms with Crippen molar-refractivity contribution < 1.29 is 4.79 Å². The number of nitrogens with two attached hydrogens (primary N) is 1. The Bertz CT molecular complexity index is 529. The van der Waals surface area contributed by atoms with E-state index >= 15 is 0 Å². The minimum absolute atomic E-state index is 0.0359. The topological polar surface area (TPSA) is 74.0 Å². The summed E-state index contributed by atoms with van der Waals surface area (Å²) in [4.78, 5) is 20.4. The summed E-state index contributed by atoms with van der Waals surface area (Å²) in [6.45, 7) is 2.53. The van der Waals surface area contributed by atoms with E-state index in [2.05, 4.69) is 15.2 Å². The van der Waals surface area contributed by atoms with E-state index in [4.69, 9.17) is 5.73 Å². The minimum atomic E-state index is 0.0359. The fourth-order valence-corrected chi connectivity index (χ4v) is 2.85. The number of nitrogens with one attached hydrogen (secondary N) is 1. The van der Waals surface area contributed by atoms with Crippen molar-refractivity contribution in [2.45, 2.75) is 25.3 Å². The molecule has 23 heavy (non-hydrogen) atoms. The highest BCUT2D eigenvalue weighted by molar-refractivity contribution is 5.92. The van der Waals surface area contributed by atoms with Crippen molar-refractivity contribution in [1.82, 2.24) is 9.80 Å². The lowest BCUT2D eigenvalue weighted by Gasteiger charge is -2.25. The zero-order valence-corrected chi connectivity index (χ0v) is 14.0. The van der Waals surface area contributed by atoms with Gasteiger partial charge in [0.15, 0.2) is 5.96 Å². The zero-order valence-electron chi connectivity index (χ0n) is 14.0. The van der Waals surface area contributed by atoms with Crippen LogP contribution in [0.3, 0.4) is 0 Å². The molecule has 1 aliphatic heterocycles. The molecule has 1 aliphatic rings. The number of anilines is 1. The van der Waals surface area contributed by atoms with E-state index in [0.717, 1.165) is 38.0 Å². The van der Waals surface area contributed by atoms with Crippen molar-refractivity contribution in [3.63, 3.8) is 0 Å². The van der Waals surface area contributed by atoms with Crippen molar-refractivity contribution in [2.75, 3.05) is 39.0 Å². The number of benzene rings is 1. The van der Waals surface area contributed by atoms with Gasteiger partial charge < -0.3 is 16.0 Å². The lowest BCUT2D eigenvalue weighted by Crippen LogP contribution is -2.43. The predicted octanol–water partition coefficient (Wildman–Crippen LogP) is 1.36. The first-order chi connectivity index (χ1) is 11.1. The van der Waals surface area contributed by atoms with Crippen LogP contribution in [0.25, 0.3) is 0 Å². The fraction of sp³-hybridized carbons (Fsp3) is 0.529. The Kier molecular flexibility index (Phi) is 6.40. The van der Waals surface area contributed by atoms with Gasteiger partial charge in [-0.15, -0.1) is 0 Å². The molecule has 126 valence electrons. The van der Waals surface area contributed by atoms with E-state index in [9.17, 15) is 4.79 Å². The molecule has 0 saturated carbocycles. The first-order valence-electron chi connectivity index (χ1n) is 8.15. The standard InChI is InChI=1S/C17H27N5O/c1-21(2)16(23)15-10-6-12-22(15)13-7-11-19-17(18)20-14-8-4-3-5-9-14/h3-5,8-9,15H,6-7,10-13H2,1-2H3,(H3,18,19,20). The molecule has 1 saturated heterocycles. The Morgan fingerprint density at radius 1 is 1.39 bits per heavy atom. The maximum absolute atomic E-state index is 12.1. The van der Waals surface area contributed by atoms with Crippen molar-refractivity contribution in [3.8, 4) is 0 Å². The largest absolute Gasteiger partial charge is 0.370 e. The van der Waals surface area contributed by atoms with E-state index < -0.39 is 0 Å². The molecule has 1 heterocycles. The normalized spacial score (nSPS) is 18.9. The van der Waals surface area contributed by atoms with Crippen molar-refractivity contribution in [2.24, 2.45) is 10.7 Å². The number of guanidine groups is 1. The van der Waals surface area contributed by atoms with Crippen LogP contribution in [-0.4, -0.2) is 61.4 Å². The minimum Gasteiger partial charge on any atom is -0.370 e. The average molecular weight is 317 g/mol. The summed E-state index contributed by atoms with van der Waals surface area (Å²) in [5.41, 5.74) is 6.81. The van der Waals surface area contributed by atoms with E-state index in [1.54, 1.807) is 4.90 Å². The quantitative estimate of drug-likeness (QED) is 0.472. The third kappa shape index (κ3) is 5.25. The summed E-state index contributed by atoms with van der Waals surface area (Å²) in [5.74, 6) is 0.634. The summed E-state index contributed by atoms with van der Waals surface area (Å²) in [6, 6.07) is 9.79. The Labute approximate surface area is 138 Å². The first-order valence-corrected chi connectivity index (χ1v) is 8.15. The van der Waals surface area contributed by atoms with Gasteiger partial charge >= 0.3 is 0 Å². The predicted molar refractivity (Wildman–Crippen MR) is 94.5 cm³/mol. The number of hydrogen-bond donors (Lipinski definition) is 2. The molecule has 1 unspecified atom stereocenters. The van der Waals surface area contributed by atoms with Crippen molar-refractivity contribution >= 4 is 17.6 Å². The van der Waals surface area contributed by atoms with E-state index in [0.29, 0.717) is 12.5 Å². The molecule has 1 aromatic carbocycles. The molecule has 0 aliphatic carbocycles. The van der Waals surface area contributed by atoms with Crippen LogP contribution < -0.4 is 11.1 Å². The Morgan fingerprint density at radius 3 is 2.83 bits per heavy atom. The Morgan fingerprint density at radius 2 is 2.13 bits per heavy atom. The first kappa shape index (κ1) is 17.3. The van der Waals surface area contributed by atoms with Gasteiger partial charge in [-0.3, -0.25) is 14.7 Å². The third-order valence-corrected chi connectivity index (χ3v) is 4.02. The van der Waals surface area contributed by atoms with Crippen LogP contribution in [0.15, 0.2) is 35.3 Å². The maximum atomic E-state index is 12.1. The van der Waals surface area contributed by atoms with E-state index in [-0.39, 0.29) is 11.9 Å². The SMILES string of the molecule is CN(C)C(=O)C1CCCN1CCCN=C(N)Nc1ccccc1. The van der Waals surface area contributed by atoms with Gasteiger partial charge in [0, 0.05) is 32.9 Å². The molecule has 1 amide bonds. The van der Waals surface area contributed by atoms with Gasteiger partial charge in [-0.05, 0) is 37.9 Å². The summed E-state index contributed by atoms with van der Waals surface area (Å²) < 4.78 is 0. The lowest BCUT2D eigenvalue weighted by molar-refractivity contribution is -0.133. The monoisotopic (exact) mass is 317 g/mol. The molecule has 2 rings (SSSR count). The van der Waals surface area contributed by atoms with E-state index in [1.807, 2.05) is 44.4 Å². The molecular formula is C17H27N5O. The molecule has 0 spiro atoms. The van der Waals surface area contributed by atoms with Crippen LogP contribution in [-0.2, 0) is 4.79 Å². The van der Waals surface area contributed by atoms with Crippen LogP contribution in [0.1, 0.15) is 19.3 Å². The highest BCUT2D eigenvalue weighted by atomic mass is 16.2. The van der Waals surface area contributed by atoms with Crippen LogP contribution >= 0.6 is 0 Å². The molecule has 1 fully saturated rings. The van der Waals surface area contributed by atoms with Gasteiger partial charge in [0.05, 0.1) is 6.04 Å². The molecule has 6 heteroatoms. The summed E-state index contributed by atoms with van der Waals surface area (Å²) in [5, 5.41) is 3.07. The number of nitrogens with zero attached hydrogens (tertiary/aromatic N) is 3. The molecule has 0 radical (unpaired) electrons. The molecule has 6 nitrogen and oxygen atoms in total. The third-order valence-electron chi connectivity index (χ3n) is 4.02. The summed E-state index contributed by atoms with van der Waals surface area (Å²) in [7, 11) is 3.64. The number of carbonyl (C=O) groups is 1. The second-order valence-electron chi connectivity index (χ2n) is 6.04. The zero-order chi connectivity index (χ0) is 16.7. The number of likely N-dealkylation sites (N-methyl/N-ethyl adjacent to an activating group) is 1. The molecule has 0 bridgehead atoms. The van der Waals surface area contributed by atoms with Gasteiger partial charge in [0.25, 0.3) is 0 Å². The van der Waals surface area contributed by atoms with Crippen LogP contribution in [0.2, 0.25) is 0 Å². The molecule has 1 atom stereocenters. The number of para-hydroxylation sites is 1.